The molecule has 0 spiro atoms. The summed E-state index contributed by atoms with van der Waals surface area (Å²) in [6, 6.07) is 4.99. The summed E-state index contributed by atoms with van der Waals surface area (Å²) in [6.07, 6.45) is 0. The number of hydrogen-bond acceptors (Lipinski definition) is 3. The summed E-state index contributed by atoms with van der Waals surface area (Å²) in [5.41, 5.74) is 11.1. The molecular weight excluding hydrogens is 259 g/mol. The van der Waals surface area contributed by atoms with Crippen molar-refractivity contribution in [3.05, 3.63) is 43.6 Å². The van der Waals surface area contributed by atoms with Crippen molar-refractivity contribution in [1.29, 1.82) is 0 Å². The summed E-state index contributed by atoms with van der Waals surface area (Å²) in [5, 5.41) is 15.8. The number of guanidine groups is 1. The maximum atomic E-state index is 8.25. The van der Waals surface area contributed by atoms with E-state index in [0.29, 0.717) is 15.7 Å². The molecule has 0 fully saturated rings. The van der Waals surface area contributed by atoms with E-state index in [2.05, 4.69) is 4.99 Å². The Kier molecular flexibility index (Phi) is 5.97. The molecule has 0 aliphatic heterocycles. The van der Waals surface area contributed by atoms with Crippen molar-refractivity contribution >= 4 is 34.8 Å². The minimum absolute atomic E-state index is 0.0826. The summed E-state index contributed by atoms with van der Waals surface area (Å²) in [7, 11) is 0. The largest absolute Gasteiger partial charge is 0.356 e. The molecule has 0 saturated carbocycles. The van der Waals surface area contributed by atoms with Crippen LogP contribution < -0.4 is 16.5 Å². The molecule has 1 aromatic carbocycles. The molecule has 0 radical (unpaired) electrons. The van der Waals surface area contributed by atoms with E-state index in [1.54, 1.807) is 18.2 Å². The lowest BCUT2D eigenvalue weighted by atomic mass is 10.3. The fraction of sp³-hybridized carbons (Fsp3) is 0. The van der Waals surface area contributed by atoms with E-state index < -0.39 is 5.09 Å². The Hall–Kier alpha value is -1.73. The molecule has 0 saturated heterocycles. The topological polar surface area (TPSA) is 132 Å². The third-order valence-corrected chi connectivity index (χ3v) is 1.77. The van der Waals surface area contributed by atoms with E-state index in [1.165, 1.54) is 0 Å². The normalized spacial score (nSPS) is 8.62. The summed E-state index contributed by atoms with van der Waals surface area (Å²) < 4.78 is 0. The summed E-state index contributed by atoms with van der Waals surface area (Å²) in [6.45, 7) is 0. The first-order valence-corrected chi connectivity index (χ1v) is 4.50. The van der Waals surface area contributed by atoms with Gasteiger partial charge in [0.2, 0.25) is 0 Å². The smallest absolute Gasteiger partial charge is 0.343 e. The molecule has 1 aromatic rings. The first-order chi connectivity index (χ1) is 7.32. The predicted molar refractivity (Wildman–Crippen MR) is 60.8 cm³/mol. The molecule has 1 rings (SSSR count). The summed E-state index contributed by atoms with van der Waals surface area (Å²) >= 11 is 11.5. The van der Waals surface area contributed by atoms with Gasteiger partial charge in [-0.15, -0.1) is 0 Å². The third-order valence-electron chi connectivity index (χ3n) is 1.21. The van der Waals surface area contributed by atoms with Gasteiger partial charge in [0.15, 0.2) is 0 Å². The Morgan fingerprint density at radius 2 is 1.81 bits per heavy atom. The minimum Gasteiger partial charge on any atom is -0.356 e. The number of rotatable bonds is 1. The van der Waals surface area contributed by atoms with E-state index >= 15 is 0 Å². The Bertz CT molecular complexity index is 403. The molecule has 0 bridgehead atoms. The van der Waals surface area contributed by atoms with Gasteiger partial charge in [-0.3, -0.25) is 11.5 Å². The van der Waals surface area contributed by atoms with Crippen LogP contribution in [0.25, 0.3) is 0 Å². The second kappa shape index (κ2) is 6.70. The van der Waals surface area contributed by atoms with Gasteiger partial charge < -0.3 is 15.3 Å². The van der Waals surface area contributed by atoms with Crippen LogP contribution in [0.3, 0.4) is 0 Å². The van der Waals surface area contributed by atoms with Crippen molar-refractivity contribution in [3.8, 4) is 0 Å². The molecule has 16 heavy (non-hydrogen) atoms. The highest BCUT2D eigenvalue weighted by Gasteiger charge is 2.00. The molecule has 0 heterocycles. The lowest BCUT2D eigenvalue weighted by Crippen LogP contribution is -2.72. The van der Waals surface area contributed by atoms with Crippen LogP contribution in [0, 0.1) is 15.3 Å². The van der Waals surface area contributed by atoms with Gasteiger partial charge in [-0.1, -0.05) is 23.2 Å². The van der Waals surface area contributed by atoms with E-state index in [0.717, 1.165) is 0 Å². The zero-order valence-electron chi connectivity index (χ0n) is 7.81. The van der Waals surface area contributed by atoms with Crippen molar-refractivity contribution in [2.24, 2.45) is 11.5 Å². The van der Waals surface area contributed by atoms with Crippen molar-refractivity contribution < 1.29 is 10.1 Å². The van der Waals surface area contributed by atoms with Gasteiger partial charge in [0.05, 0.1) is 10.1 Å². The maximum Gasteiger partial charge on any atom is 0.343 e. The molecule has 88 valence electrons. The standard InChI is InChI=1S/C7H7Cl2N3.NO3/c8-4-1-2-5(9)6(3-4)12-7(10)11;2-1(3)4/h1-3H,(H4,10,11,12);/q;-1/p+1. The van der Waals surface area contributed by atoms with Crippen LogP contribution in [0.2, 0.25) is 10.0 Å². The van der Waals surface area contributed by atoms with Crippen LogP contribution in [0.1, 0.15) is 0 Å². The minimum atomic E-state index is -1.75. The number of nitrogens with two attached hydrogens (primary N) is 2. The Labute approximate surface area is 100 Å². The van der Waals surface area contributed by atoms with Crippen LogP contribution in [0.15, 0.2) is 18.2 Å². The predicted octanol–water partition coefficient (Wildman–Crippen LogP) is -0.260. The Morgan fingerprint density at radius 1 is 1.31 bits per heavy atom. The van der Waals surface area contributed by atoms with E-state index in [4.69, 9.17) is 50.0 Å². The lowest BCUT2D eigenvalue weighted by Gasteiger charge is -1.96. The fourth-order valence-corrected chi connectivity index (χ4v) is 1.09. The second-order valence-electron chi connectivity index (χ2n) is 2.43. The molecule has 0 amide bonds. The molecule has 5 N–H and O–H groups in total. The molecular formula is C7H8Cl2N4O3. The first-order valence-electron chi connectivity index (χ1n) is 3.74. The first kappa shape index (κ1) is 14.3. The van der Waals surface area contributed by atoms with E-state index in [9.17, 15) is 0 Å². The molecule has 0 atom stereocenters. The second-order valence-corrected chi connectivity index (χ2v) is 3.27. The van der Waals surface area contributed by atoms with Gasteiger partial charge in [-0.25, -0.2) is 4.99 Å². The SMILES string of the molecule is NC(N)=[NH+]c1cc(Cl)ccc1Cl.O=[N+]([O-])[O-]. The van der Waals surface area contributed by atoms with Crippen molar-refractivity contribution in [1.82, 2.24) is 0 Å². The highest BCUT2D eigenvalue weighted by Crippen LogP contribution is 2.20. The van der Waals surface area contributed by atoms with Crippen LogP contribution >= 0.6 is 23.2 Å². The van der Waals surface area contributed by atoms with E-state index in [-0.39, 0.29) is 5.96 Å². The highest BCUT2D eigenvalue weighted by atomic mass is 35.5. The quantitative estimate of drug-likeness (QED) is 0.279. The van der Waals surface area contributed by atoms with Gasteiger partial charge in [-0.2, -0.15) is 0 Å². The molecule has 0 aliphatic rings. The third kappa shape index (κ3) is 6.68. The monoisotopic (exact) mass is 266 g/mol. The fourth-order valence-electron chi connectivity index (χ4n) is 0.749. The summed E-state index contributed by atoms with van der Waals surface area (Å²) in [4.78, 5) is 10.9. The molecule has 7 nitrogen and oxygen atoms in total. The zero-order chi connectivity index (χ0) is 12.7. The van der Waals surface area contributed by atoms with Crippen LogP contribution in [-0.2, 0) is 0 Å². The van der Waals surface area contributed by atoms with E-state index in [1.807, 2.05) is 0 Å². The van der Waals surface area contributed by atoms with Crippen LogP contribution in [0.4, 0.5) is 5.69 Å². The Morgan fingerprint density at radius 3 is 2.25 bits per heavy atom. The van der Waals surface area contributed by atoms with Crippen molar-refractivity contribution in [3.63, 3.8) is 0 Å². The average molecular weight is 267 g/mol. The van der Waals surface area contributed by atoms with Crippen LogP contribution in [0.5, 0.6) is 0 Å². The Balaban J connectivity index is 0.000000487. The lowest BCUT2D eigenvalue weighted by molar-refractivity contribution is -0.402. The number of hydrogen-bond donors (Lipinski definition) is 3. The number of benzene rings is 1. The average Bonchev–Trinajstić information content (AvgIpc) is 2.09. The van der Waals surface area contributed by atoms with Gasteiger partial charge in [0.25, 0.3) is 0 Å². The maximum absolute atomic E-state index is 8.25. The van der Waals surface area contributed by atoms with Gasteiger partial charge in [0, 0.05) is 5.02 Å². The molecule has 0 aliphatic carbocycles. The van der Waals surface area contributed by atoms with Gasteiger partial charge >= 0.3 is 5.96 Å². The number of nitrogens with one attached hydrogen (secondary N) is 1. The van der Waals surface area contributed by atoms with Crippen molar-refractivity contribution in [2.45, 2.75) is 0 Å². The highest BCUT2D eigenvalue weighted by molar-refractivity contribution is 6.34. The van der Waals surface area contributed by atoms with Crippen molar-refractivity contribution in [2.75, 3.05) is 0 Å². The van der Waals surface area contributed by atoms with Gasteiger partial charge in [-0.05, 0) is 18.2 Å². The van der Waals surface area contributed by atoms with Gasteiger partial charge in [0.1, 0.15) is 5.69 Å². The molecule has 0 aromatic heterocycles. The molecule has 9 heteroatoms. The summed E-state index contributed by atoms with van der Waals surface area (Å²) in [5.74, 6) is 0.0826. The zero-order valence-corrected chi connectivity index (χ0v) is 9.33. The number of nitrogens with zero attached hydrogens (tertiary/aromatic N) is 1. The van der Waals surface area contributed by atoms with Crippen LogP contribution in [-0.4, -0.2) is 11.0 Å². The number of halogens is 2. The molecule has 0 unspecified atom stereocenters.